The lowest BCUT2D eigenvalue weighted by molar-refractivity contribution is 0.0999. The maximum absolute atomic E-state index is 11.0. The van der Waals surface area contributed by atoms with Crippen LogP contribution in [0.25, 0.3) is 0 Å². The molecule has 5 heteroatoms. The normalized spacial score (nSPS) is 10.2. The molecule has 2 aromatic rings. The van der Waals surface area contributed by atoms with Crippen LogP contribution in [0.5, 0.6) is 0 Å². The van der Waals surface area contributed by atoms with E-state index in [0.717, 1.165) is 21.9 Å². The van der Waals surface area contributed by atoms with Crippen LogP contribution in [0.3, 0.4) is 0 Å². The van der Waals surface area contributed by atoms with Gasteiger partial charge in [-0.1, -0.05) is 12.1 Å². The van der Waals surface area contributed by atoms with E-state index in [1.807, 2.05) is 24.3 Å². The molecule has 0 saturated carbocycles. The summed E-state index contributed by atoms with van der Waals surface area (Å²) in [7, 11) is 0. The molecule has 1 heterocycles. The summed E-state index contributed by atoms with van der Waals surface area (Å²) in [5.74, 6) is 0.309. The third-order valence-corrected chi connectivity index (χ3v) is 3.39. The Bertz CT molecular complexity index is 572. The molecule has 0 unspecified atom stereocenters. The lowest BCUT2D eigenvalue weighted by Gasteiger charge is -2.03. The first-order valence-corrected chi connectivity index (χ1v) is 6.36. The number of amides is 1. The Balaban J connectivity index is 2.06. The van der Waals surface area contributed by atoms with E-state index in [4.69, 9.17) is 11.5 Å². The van der Waals surface area contributed by atoms with Crippen molar-refractivity contribution in [2.45, 2.75) is 10.6 Å². The van der Waals surface area contributed by atoms with E-state index in [-0.39, 0.29) is 0 Å². The Morgan fingerprint density at radius 2 is 2.11 bits per heavy atom. The predicted octanol–water partition coefficient (Wildman–Crippen LogP) is 2.05. The summed E-state index contributed by atoms with van der Waals surface area (Å²) in [6, 6.07) is 9.45. The van der Waals surface area contributed by atoms with E-state index >= 15 is 0 Å². The fourth-order valence-electron chi connectivity index (χ4n) is 1.48. The molecule has 0 atom stereocenters. The van der Waals surface area contributed by atoms with Gasteiger partial charge in [0.15, 0.2) is 0 Å². The number of pyridine rings is 1. The van der Waals surface area contributed by atoms with Crippen molar-refractivity contribution in [1.29, 1.82) is 0 Å². The predicted molar refractivity (Wildman–Crippen MR) is 73.2 cm³/mol. The zero-order valence-electron chi connectivity index (χ0n) is 9.67. The smallest absolute Gasteiger partial charge is 0.250 e. The number of primary amides is 1. The number of anilines is 1. The van der Waals surface area contributed by atoms with Gasteiger partial charge in [-0.25, -0.2) is 0 Å². The van der Waals surface area contributed by atoms with Crippen LogP contribution in [-0.2, 0) is 5.75 Å². The fourth-order valence-corrected chi connectivity index (χ4v) is 2.34. The number of hydrogen-bond acceptors (Lipinski definition) is 4. The second-order valence-electron chi connectivity index (χ2n) is 3.81. The second kappa shape index (κ2) is 5.55. The van der Waals surface area contributed by atoms with Crippen LogP contribution in [0.4, 0.5) is 5.69 Å². The summed E-state index contributed by atoms with van der Waals surface area (Å²) < 4.78 is 0. The van der Waals surface area contributed by atoms with E-state index in [2.05, 4.69) is 4.98 Å². The van der Waals surface area contributed by atoms with Crippen molar-refractivity contribution < 1.29 is 4.79 Å². The standard InChI is InChI=1S/C13H13N3OS/c14-11-3-1-2-9(4-11)8-18-12-5-10(13(15)17)6-16-7-12/h1-7H,8,14H2,(H2,15,17). The van der Waals surface area contributed by atoms with Gasteiger partial charge in [-0.2, -0.15) is 0 Å². The summed E-state index contributed by atoms with van der Waals surface area (Å²) >= 11 is 1.59. The number of nitrogen functional groups attached to an aromatic ring is 1. The number of benzene rings is 1. The van der Waals surface area contributed by atoms with Crippen molar-refractivity contribution in [2.75, 3.05) is 5.73 Å². The molecule has 0 spiro atoms. The number of hydrogen-bond donors (Lipinski definition) is 2. The van der Waals surface area contributed by atoms with E-state index in [9.17, 15) is 4.79 Å². The summed E-state index contributed by atoms with van der Waals surface area (Å²) in [5, 5.41) is 0. The van der Waals surface area contributed by atoms with E-state index in [1.54, 1.807) is 24.0 Å². The molecule has 0 aliphatic rings. The minimum atomic E-state index is -0.464. The first kappa shape index (κ1) is 12.4. The molecular weight excluding hydrogens is 246 g/mol. The maximum Gasteiger partial charge on any atom is 0.250 e. The van der Waals surface area contributed by atoms with Gasteiger partial charge in [0.1, 0.15) is 0 Å². The third kappa shape index (κ3) is 3.24. The molecule has 1 aromatic carbocycles. The Morgan fingerprint density at radius 3 is 2.83 bits per heavy atom. The zero-order valence-corrected chi connectivity index (χ0v) is 10.5. The third-order valence-electron chi connectivity index (χ3n) is 2.35. The number of carbonyl (C=O) groups excluding carboxylic acids is 1. The first-order chi connectivity index (χ1) is 8.65. The van der Waals surface area contributed by atoms with Gasteiger partial charge in [0.2, 0.25) is 5.91 Å². The molecule has 0 aliphatic heterocycles. The second-order valence-corrected chi connectivity index (χ2v) is 4.86. The highest BCUT2D eigenvalue weighted by molar-refractivity contribution is 7.98. The topological polar surface area (TPSA) is 82.0 Å². The average molecular weight is 259 g/mol. The first-order valence-electron chi connectivity index (χ1n) is 5.37. The van der Waals surface area contributed by atoms with Crippen molar-refractivity contribution in [3.05, 3.63) is 53.9 Å². The molecule has 18 heavy (non-hydrogen) atoms. The summed E-state index contributed by atoms with van der Waals surface area (Å²) in [6.45, 7) is 0. The Morgan fingerprint density at radius 1 is 1.28 bits per heavy atom. The summed E-state index contributed by atoms with van der Waals surface area (Å²) in [5.41, 5.74) is 13.2. The van der Waals surface area contributed by atoms with Gasteiger partial charge < -0.3 is 11.5 Å². The SMILES string of the molecule is NC(=O)c1cncc(SCc2cccc(N)c2)c1. The molecule has 92 valence electrons. The van der Waals surface area contributed by atoms with Crippen LogP contribution < -0.4 is 11.5 Å². The Hall–Kier alpha value is -2.01. The maximum atomic E-state index is 11.0. The number of aromatic nitrogens is 1. The highest BCUT2D eigenvalue weighted by Gasteiger charge is 2.03. The molecular formula is C13H13N3OS. The average Bonchev–Trinajstić information content (AvgIpc) is 2.37. The molecule has 0 fully saturated rings. The van der Waals surface area contributed by atoms with Gasteiger partial charge in [0.25, 0.3) is 0 Å². The van der Waals surface area contributed by atoms with Crippen molar-refractivity contribution in [3.8, 4) is 0 Å². The molecule has 4 N–H and O–H groups in total. The number of nitrogens with zero attached hydrogens (tertiary/aromatic N) is 1. The zero-order chi connectivity index (χ0) is 13.0. The van der Waals surface area contributed by atoms with Crippen LogP contribution in [0.2, 0.25) is 0 Å². The van der Waals surface area contributed by atoms with Gasteiger partial charge in [-0.3, -0.25) is 9.78 Å². The summed E-state index contributed by atoms with van der Waals surface area (Å²) in [4.78, 5) is 15.9. The van der Waals surface area contributed by atoms with Gasteiger partial charge in [0.05, 0.1) is 5.56 Å². The van der Waals surface area contributed by atoms with E-state index < -0.39 is 5.91 Å². The molecule has 2 rings (SSSR count). The van der Waals surface area contributed by atoms with Gasteiger partial charge >= 0.3 is 0 Å². The lowest BCUT2D eigenvalue weighted by Crippen LogP contribution is -2.11. The quantitative estimate of drug-likeness (QED) is 0.650. The van der Waals surface area contributed by atoms with Crippen LogP contribution in [0.15, 0.2) is 47.6 Å². The Kier molecular flexibility index (Phi) is 3.84. The van der Waals surface area contributed by atoms with Crippen molar-refractivity contribution in [3.63, 3.8) is 0 Å². The van der Waals surface area contributed by atoms with Gasteiger partial charge in [-0.05, 0) is 23.8 Å². The highest BCUT2D eigenvalue weighted by atomic mass is 32.2. The largest absolute Gasteiger partial charge is 0.399 e. The number of rotatable bonds is 4. The molecule has 0 aliphatic carbocycles. The molecule has 4 nitrogen and oxygen atoms in total. The number of thioether (sulfide) groups is 1. The minimum absolute atomic E-state index is 0.424. The van der Waals surface area contributed by atoms with Gasteiger partial charge in [-0.15, -0.1) is 11.8 Å². The van der Waals surface area contributed by atoms with Crippen molar-refractivity contribution in [1.82, 2.24) is 4.98 Å². The summed E-state index contributed by atoms with van der Waals surface area (Å²) in [6.07, 6.45) is 3.18. The molecule has 0 saturated heterocycles. The fraction of sp³-hybridized carbons (Fsp3) is 0.0769. The molecule has 1 amide bonds. The monoisotopic (exact) mass is 259 g/mol. The van der Waals surface area contributed by atoms with E-state index in [0.29, 0.717) is 5.56 Å². The Labute approximate surface area is 109 Å². The van der Waals surface area contributed by atoms with Crippen molar-refractivity contribution in [2.24, 2.45) is 5.73 Å². The van der Waals surface area contributed by atoms with Crippen LogP contribution >= 0.6 is 11.8 Å². The molecule has 0 radical (unpaired) electrons. The van der Waals surface area contributed by atoms with Crippen LogP contribution in [0, 0.1) is 0 Å². The number of nitrogens with two attached hydrogens (primary N) is 2. The highest BCUT2D eigenvalue weighted by Crippen LogP contribution is 2.23. The lowest BCUT2D eigenvalue weighted by atomic mass is 10.2. The van der Waals surface area contributed by atoms with Gasteiger partial charge in [0, 0.05) is 28.7 Å². The van der Waals surface area contributed by atoms with Crippen LogP contribution in [0.1, 0.15) is 15.9 Å². The minimum Gasteiger partial charge on any atom is -0.399 e. The van der Waals surface area contributed by atoms with Crippen molar-refractivity contribution >= 4 is 23.4 Å². The van der Waals surface area contributed by atoms with E-state index in [1.165, 1.54) is 6.20 Å². The number of carbonyl (C=O) groups is 1. The molecule has 1 aromatic heterocycles. The van der Waals surface area contributed by atoms with Crippen LogP contribution in [-0.4, -0.2) is 10.9 Å². The molecule has 0 bridgehead atoms.